The number of halogens is 2. The molecule has 2 atom stereocenters. The van der Waals surface area contributed by atoms with Gasteiger partial charge in [-0.05, 0) is 70.9 Å². The molecule has 0 aromatic carbocycles. The van der Waals surface area contributed by atoms with Crippen LogP contribution in [0.3, 0.4) is 0 Å². The molecule has 3 aromatic rings. The lowest BCUT2D eigenvalue weighted by Gasteiger charge is -2.37. The van der Waals surface area contributed by atoms with Crippen molar-refractivity contribution in [2.24, 2.45) is 5.92 Å². The number of pyridine rings is 1. The second-order valence-corrected chi connectivity index (χ2v) is 10.9. The van der Waals surface area contributed by atoms with Crippen LogP contribution in [-0.2, 0) is 4.74 Å². The molecule has 7 nitrogen and oxygen atoms in total. The van der Waals surface area contributed by atoms with Gasteiger partial charge in [-0.1, -0.05) is 0 Å². The molecule has 1 aliphatic heterocycles. The Morgan fingerprint density at radius 3 is 2.50 bits per heavy atom. The van der Waals surface area contributed by atoms with Gasteiger partial charge in [0.25, 0.3) is 0 Å². The highest BCUT2D eigenvalue weighted by molar-refractivity contribution is 5.80. The van der Waals surface area contributed by atoms with Gasteiger partial charge in [-0.2, -0.15) is 10.1 Å². The van der Waals surface area contributed by atoms with Gasteiger partial charge in [-0.15, -0.1) is 0 Å². The Labute approximate surface area is 210 Å². The second-order valence-electron chi connectivity index (χ2n) is 10.9. The van der Waals surface area contributed by atoms with Crippen LogP contribution in [0.25, 0.3) is 11.0 Å². The molecule has 0 bridgehead atoms. The van der Waals surface area contributed by atoms with E-state index in [1.54, 1.807) is 0 Å². The molecule has 9 heteroatoms. The third-order valence-corrected chi connectivity index (χ3v) is 8.12. The van der Waals surface area contributed by atoms with E-state index in [0.29, 0.717) is 43.6 Å². The summed E-state index contributed by atoms with van der Waals surface area (Å²) in [4.78, 5) is 17.0. The Morgan fingerprint density at radius 2 is 1.78 bits per heavy atom. The average Bonchev–Trinajstić information content (AvgIpc) is 3.60. The molecule has 36 heavy (non-hydrogen) atoms. The van der Waals surface area contributed by atoms with Crippen molar-refractivity contribution in [1.29, 1.82) is 0 Å². The van der Waals surface area contributed by atoms with Crippen LogP contribution in [0.2, 0.25) is 0 Å². The fraction of sp³-hybridized carbons (Fsp3) is 0.630. The van der Waals surface area contributed by atoms with Crippen molar-refractivity contribution in [2.75, 3.05) is 18.0 Å². The number of nitrogens with zero attached hydrogens (tertiary/aromatic N) is 6. The lowest BCUT2D eigenvalue weighted by atomic mass is 9.80. The molecule has 2 saturated carbocycles. The van der Waals surface area contributed by atoms with E-state index in [1.165, 1.54) is 12.8 Å². The van der Waals surface area contributed by atoms with Crippen LogP contribution in [0.1, 0.15) is 86.0 Å². The zero-order valence-electron chi connectivity index (χ0n) is 21.2. The molecule has 192 valence electrons. The zero-order valence-corrected chi connectivity index (χ0v) is 21.2. The second kappa shape index (κ2) is 9.32. The van der Waals surface area contributed by atoms with Gasteiger partial charge in [0.05, 0.1) is 30.6 Å². The van der Waals surface area contributed by atoms with E-state index in [1.807, 2.05) is 20.0 Å². The van der Waals surface area contributed by atoms with Crippen LogP contribution < -0.4 is 4.90 Å². The molecule has 0 radical (unpaired) electrons. The lowest BCUT2D eigenvalue weighted by molar-refractivity contribution is -0.0179. The Morgan fingerprint density at radius 1 is 1.00 bits per heavy atom. The largest absolute Gasteiger partial charge is 0.367 e. The first-order chi connectivity index (χ1) is 17.4. The van der Waals surface area contributed by atoms with Crippen molar-refractivity contribution >= 4 is 17.0 Å². The van der Waals surface area contributed by atoms with Gasteiger partial charge in [0.15, 0.2) is 5.65 Å². The maximum absolute atomic E-state index is 13.3. The van der Waals surface area contributed by atoms with Crippen molar-refractivity contribution in [3.8, 4) is 0 Å². The van der Waals surface area contributed by atoms with E-state index < -0.39 is 12.3 Å². The van der Waals surface area contributed by atoms with Crippen LogP contribution in [0.5, 0.6) is 0 Å². The molecule has 3 aliphatic rings. The van der Waals surface area contributed by atoms with Gasteiger partial charge < -0.3 is 9.64 Å². The SMILES string of the molecule is Cc1cc2c(C3CCC(C(F)F)CC3)nc(N3C[C@@H](c4cnn(C5CC5)c4)O[C@@H](C)C3)nc2nc1C. The van der Waals surface area contributed by atoms with Gasteiger partial charge in [0, 0.05) is 41.2 Å². The predicted octanol–water partition coefficient (Wildman–Crippen LogP) is 5.68. The van der Waals surface area contributed by atoms with Crippen molar-refractivity contribution in [2.45, 2.75) is 89.9 Å². The number of rotatable bonds is 5. The normalized spacial score (nSPS) is 27.2. The molecule has 0 unspecified atom stereocenters. The summed E-state index contributed by atoms with van der Waals surface area (Å²) in [5, 5.41) is 5.50. The van der Waals surface area contributed by atoms with Gasteiger partial charge in [0.2, 0.25) is 12.4 Å². The summed E-state index contributed by atoms with van der Waals surface area (Å²) in [6, 6.07) is 2.65. The smallest absolute Gasteiger partial charge is 0.241 e. The topological polar surface area (TPSA) is 69.0 Å². The van der Waals surface area contributed by atoms with Crippen molar-refractivity contribution in [3.63, 3.8) is 0 Å². The van der Waals surface area contributed by atoms with E-state index in [2.05, 4.69) is 33.9 Å². The first kappa shape index (κ1) is 23.7. The summed E-state index contributed by atoms with van der Waals surface area (Å²) in [6.07, 6.45) is 6.55. The van der Waals surface area contributed by atoms with Crippen LogP contribution in [-0.4, -0.2) is 50.4 Å². The number of alkyl halides is 2. The van der Waals surface area contributed by atoms with Crippen LogP contribution >= 0.6 is 0 Å². The van der Waals surface area contributed by atoms with E-state index >= 15 is 0 Å². The quantitative estimate of drug-likeness (QED) is 0.453. The maximum atomic E-state index is 13.3. The molecule has 0 spiro atoms. The molecule has 1 saturated heterocycles. The van der Waals surface area contributed by atoms with Crippen molar-refractivity contribution in [1.82, 2.24) is 24.7 Å². The number of hydrogen-bond acceptors (Lipinski definition) is 6. The number of aromatic nitrogens is 5. The highest BCUT2D eigenvalue weighted by Gasteiger charge is 2.33. The first-order valence-corrected chi connectivity index (χ1v) is 13.2. The maximum Gasteiger partial charge on any atom is 0.241 e. The third-order valence-electron chi connectivity index (χ3n) is 8.12. The Balaban J connectivity index is 1.33. The summed E-state index contributed by atoms with van der Waals surface area (Å²) >= 11 is 0. The van der Waals surface area contributed by atoms with E-state index in [0.717, 1.165) is 40.7 Å². The van der Waals surface area contributed by atoms with Crippen molar-refractivity contribution in [3.05, 3.63) is 41.0 Å². The number of ether oxygens (including phenoxy) is 1. The van der Waals surface area contributed by atoms with Gasteiger partial charge >= 0.3 is 0 Å². The lowest BCUT2D eigenvalue weighted by Crippen LogP contribution is -2.43. The standard InChI is InChI=1S/C27H34F2N6O/c1-15-10-22-24(18-4-6-19(7-5-18)25(28)29)32-27(33-26(22)31-17(15)3)34-12-16(2)36-23(14-34)20-11-30-35(13-20)21-8-9-21/h10-11,13,16,18-19,21,23,25H,4-9,12,14H2,1-3H3/t16-,18?,19?,23-/m0/s1. The summed E-state index contributed by atoms with van der Waals surface area (Å²) in [7, 11) is 0. The molecule has 3 fully saturated rings. The fourth-order valence-corrected chi connectivity index (χ4v) is 5.71. The zero-order chi connectivity index (χ0) is 25.0. The summed E-state index contributed by atoms with van der Waals surface area (Å²) in [5.74, 6) is 0.284. The highest BCUT2D eigenvalue weighted by atomic mass is 19.3. The summed E-state index contributed by atoms with van der Waals surface area (Å²) < 4.78 is 35.0. The number of morpholine rings is 1. The molecule has 0 N–H and O–H groups in total. The highest BCUT2D eigenvalue weighted by Crippen LogP contribution is 2.41. The number of aryl methyl sites for hydroxylation is 2. The van der Waals surface area contributed by atoms with E-state index in [4.69, 9.17) is 19.7 Å². The number of fused-ring (bicyclic) bond motifs is 1. The van der Waals surface area contributed by atoms with Crippen LogP contribution in [0.15, 0.2) is 18.5 Å². The van der Waals surface area contributed by atoms with Crippen LogP contribution in [0.4, 0.5) is 14.7 Å². The summed E-state index contributed by atoms with van der Waals surface area (Å²) in [6.45, 7) is 7.43. The predicted molar refractivity (Wildman–Crippen MR) is 134 cm³/mol. The minimum absolute atomic E-state index is 0.00460. The van der Waals surface area contributed by atoms with Gasteiger partial charge in [0.1, 0.15) is 6.10 Å². The monoisotopic (exact) mass is 496 g/mol. The summed E-state index contributed by atoms with van der Waals surface area (Å²) in [5.41, 5.74) is 4.76. The average molecular weight is 497 g/mol. The Bertz CT molecular complexity index is 1250. The van der Waals surface area contributed by atoms with Crippen LogP contribution in [0, 0.1) is 19.8 Å². The molecular formula is C27H34F2N6O. The molecule has 4 heterocycles. The molecule has 2 aliphatic carbocycles. The molecule has 3 aromatic heterocycles. The van der Waals surface area contributed by atoms with E-state index in [9.17, 15) is 8.78 Å². The fourth-order valence-electron chi connectivity index (χ4n) is 5.71. The Hall–Kier alpha value is -2.68. The third kappa shape index (κ3) is 4.58. The molecular weight excluding hydrogens is 462 g/mol. The minimum Gasteiger partial charge on any atom is -0.367 e. The number of hydrogen-bond donors (Lipinski definition) is 0. The van der Waals surface area contributed by atoms with E-state index in [-0.39, 0.29) is 18.1 Å². The molecule has 6 rings (SSSR count). The Kier molecular flexibility index (Phi) is 6.14. The minimum atomic E-state index is -2.24. The molecule has 0 amide bonds. The number of anilines is 1. The first-order valence-electron chi connectivity index (χ1n) is 13.2. The van der Waals surface area contributed by atoms with Gasteiger partial charge in [-0.3, -0.25) is 4.68 Å². The van der Waals surface area contributed by atoms with Gasteiger partial charge in [-0.25, -0.2) is 18.7 Å². The van der Waals surface area contributed by atoms with Crippen molar-refractivity contribution < 1.29 is 13.5 Å².